The number of primary amides is 2. The minimum Gasteiger partial charge on any atom is -0.508 e. The van der Waals surface area contributed by atoms with E-state index in [0.29, 0.717) is 31.2 Å². The van der Waals surface area contributed by atoms with Gasteiger partial charge in [0.05, 0.1) is 25.6 Å². The SMILES string of the molecule is CCC(C)C(N)C(=O)N[C@H]1CCC(=O)NCCCC[C@@H]2NC(=O)[C@H](C)NC(=O)[C@@H]3CCCN3C(=O)[C@H](CC(N)=O)NC(=O)[C@H](CSSC[C@@H](C(N)=O)NC(=O)[C@H](CO)NC(=O)C(Cc3ccc(O)cc3)NC(=O)C(CCCCN)NC(=O)[C@@H]3CCCN3C(=O)CNC2=O)NC1=O. The zero-order valence-corrected chi connectivity index (χ0v) is 55.7. The predicted octanol–water partition coefficient (Wildman–Crippen LogP) is -6.25. The van der Waals surface area contributed by atoms with E-state index in [1.165, 1.54) is 36.1 Å². The largest absolute Gasteiger partial charge is 0.508 e. The number of phenols is 1. The van der Waals surface area contributed by atoms with Crippen molar-refractivity contribution in [3.63, 3.8) is 0 Å². The van der Waals surface area contributed by atoms with Gasteiger partial charge < -0.3 is 101 Å². The third kappa shape index (κ3) is 24.1. The van der Waals surface area contributed by atoms with Crippen LogP contribution in [0.25, 0.3) is 0 Å². The number of amides is 15. The number of aliphatic hydroxyl groups is 1. The summed E-state index contributed by atoms with van der Waals surface area (Å²) in [5, 5.41) is 48.7. The van der Waals surface area contributed by atoms with Crippen LogP contribution in [-0.4, -0.2) is 232 Å². The highest BCUT2D eigenvalue weighted by Crippen LogP contribution is 2.25. The summed E-state index contributed by atoms with van der Waals surface area (Å²) in [6.07, 6.45) is 0.266. The van der Waals surface area contributed by atoms with Gasteiger partial charge in [0.15, 0.2) is 0 Å². The molecule has 1 aromatic rings. The fraction of sp³-hybridized carbons (Fsp3) is 0.650. The summed E-state index contributed by atoms with van der Waals surface area (Å²) in [5.74, 6) is -15.1. The lowest BCUT2D eigenvalue weighted by Crippen LogP contribution is -2.60. The molecule has 13 atom stereocenters. The molecule has 34 nitrogen and oxygen atoms in total. The van der Waals surface area contributed by atoms with Gasteiger partial charge >= 0.3 is 0 Å². The van der Waals surface area contributed by atoms with Crippen LogP contribution in [0.15, 0.2) is 24.3 Å². The first-order chi connectivity index (χ1) is 45.7. The van der Waals surface area contributed by atoms with Gasteiger partial charge in [-0.1, -0.05) is 54.0 Å². The molecule has 532 valence electrons. The number of fused-ring (bicyclic) bond motifs is 35. The molecule has 6 rings (SSSR count). The number of phenolic OH excluding ortho intramolecular Hbond substituents is 1. The zero-order valence-electron chi connectivity index (χ0n) is 54.1. The molecule has 5 heterocycles. The van der Waals surface area contributed by atoms with Gasteiger partial charge in [-0.05, 0) is 108 Å². The number of hydrogen-bond donors (Lipinski definition) is 17. The summed E-state index contributed by atoms with van der Waals surface area (Å²) in [7, 11) is 1.64. The molecule has 21 N–H and O–H groups in total. The summed E-state index contributed by atoms with van der Waals surface area (Å²) in [6, 6.07) is -12.1. The van der Waals surface area contributed by atoms with E-state index in [0.717, 1.165) is 26.5 Å². The van der Waals surface area contributed by atoms with E-state index in [1.54, 1.807) is 13.8 Å². The van der Waals surface area contributed by atoms with Crippen LogP contribution >= 0.6 is 21.6 Å². The first-order valence-corrected chi connectivity index (χ1v) is 34.7. The van der Waals surface area contributed by atoms with E-state index in [-0.39, 0.29) is 95.5 Å². The van der Waals surface area contributed by atoms with Crippen LogP contribution in [-0.2, 0) is 78.3 Å². The third-order valence-electron chi connectivity index (χ3n) is 16.9. The molecular weight excluding hydrogens is 1290 g/mol. The van der Waals surface area contributed by atoms with Crippen LogP contribution in [0.3, 0.4) is 0 Å². The van der Waals surface area contributed by atoms with Crippen LogP contribution in [0.5, 0.6) is 5.75 Å². The van der Waals surface area contributed by atoms with E-state index in [2.05, 4.69) is 58.5 Å². The minimum atomic E-state index is -1.82. The first kappa shape index (κ1) is 78.3. The first-order valence-electron chi connectivity index (χ1n) is 32.2. The van der Waals surface area contributed by atoms with Gasteiger partial charge in [0.2, 0.25) is 88.6 Å². The van der Waals surface area contributed by atoms with E-state index < -0.39 is 199 Å². The molecule has 0 spiro atoms. The zero-order chi connectivity index (χ0) is 70.8. The summed E-state index contributed by atoms with van der Waals surface area (Å²) in [6.45, 7) is 3.22. The highest BCUT2D eigenvalue weighted by Gasteiger charge is 2.42. The second-order valence-electron chi connectivity index (χ2n) is 24.1. The van der Waals surface area contributed by atoms with Gasteiger partial charge in [-0.2, -0.15) is 0 Å². The standard InChI is InChI=1S/C60H93N17O17S2/c1-4-31(2)48(63)59(93)70-37-19-20-46(81)65-22-8-6-12-35-51(85)66-27-47(82)76-23-9-13-43(76)58(92)69-36(11-5-7-21-61)52(86)71-38(25-33-15-17-34(79)18-16-33)54(88)73-40(28-78)55(89)74-41(49(64)83)29-95-96-30-42(75-53(37)87)56(90)72-39(26-45(62)80)60(94)77-24-10-14-44(77)57(91)67-32(3)50(84)68-35/h15-18,31-32,35-44,48,78-79H,4-14,19-30,61,63H2,1-3H3,(H2,62,80)(H2,64,83)(H,65,81)(H,66,85)(H,67,91)(H,68,84)(H,69,92)(H,70,93)(H,71,86)(H,72,90)(H,73,88)(H,74,89)(H,75,87)/t31?,32-,35-,36?,37-,38?,39-,40-,41-,42-,43-,44-,48?/m0/s1. The van der Waals surface area contributed by atoms with Gasteiger partial charge in [0.25, 0.3) is 0 Å². The highest BCUT2D eigenvalue weighted by molar-refractivity contribution is 8.76. The number of aliphatic hydroxyl groups excluding tert-OH is 1. The number of benzene rings is 1. The molecule has 2 bridgehead atoms. The summed E-state index contributed by atoms with van der Waals surface area (Å²) in [4.78, 5) is 212. The van der Waals surface area contributed by atoms with E-state index >= 15 is 0 Å². The van der Waals surface area contributed by atoms with Gasteiger partial charge in [0.1, 0.15) is 72.2 Å². The Hall–Kier alpha value is -8.35. The van der Waals surface area contributed by atoms with Crippen molar-refractivity contribution >= 4 is 110 Å². The summed E-state index contributed by atoms with van der Waals surface area (Å²) < 4.78 is 0. The van der Waals surface area contributed by atoms with Crippen molar-refractivity contribution in [3.8, 4) is 5.75 Å². The number of carbonyl (C=O) groups is 15. The van der Waals surface area contributed by atoms with E-state index in [4.69, 9.17) is 22.9 Å². The van der Waals surface area contributed by atoms with Crippen LogP contribution in [0.2, 0.25) is 0 Å². The lowest BCUT2D eigenvalue weighted by molar-refractivity contribution is -0.143. The molecule has 1 aromatic carbocycles. The lowest BCUT2D eigenvalue weighted by atomic mass is 9.98. The van der Waals surface area contributed by atoms with Gasteiger partial charge in [0, 0.05) is 44.0 Å². The van der Waals surface area contributed by atoms with Crippen molar-refractivity contribution < 1.29 is 82.1 Å². The number of nitrogens with zero attached hydrogens (tertiary/aromatic N) is 2. The Balaban J connectivity index is 1.60. The number of carbonyl (C=O) groups excluding carboxylic acids is 15. The molecule has 5 saturated heterocycles. The summed E-state index contributed by atoms with van der Waals surface area (Å²) >= 11 is 0. The highest BCUT2D eigenvalue weighted by atomic mass is 33.1. The van der Waals surface area contributed by atoms with Crippen molar-refractivity contribution in [2.75, 3.05) is 50.8 Å². The van der Waals surface area contributed by atoms with E-state index in [1.807, 2.05) is 0 Å². The number of rotatable bonds is 14. The van der Waals surface area contributed by atoms with Gasteiger partial charge in [-0.25, -0.2) is 0 Å². The molecule has 5 aliphatic heterocycles. The van der Waals surface area contributed by atoms with Crippen molar-refractivity contribution in [1.29, 1.82) is 0 Å². The molecule has 0 aromatic heterocycles. The number of aromatic hydroxyl groups is 1. The Labute approximate surface area is 563 Å². The Morgan fingerprint density at radius 1 is 0.646 bits per heavy atom. The Bertz CT molecular complexity index is 2970. The summed E-state index contributed by atoms with van der Waals surface area (Å²) in [5.41, 5.74) is 23.8. The fourth-order valence-electron chi connectivity index (χ4n) is 11.0. The Kier molecular flexibility index (Phi) is 31.8. The topological polar surface area (TPSA) is 539 Å². The normalized spacial score (nSPS) is 27.6. The fourth-order valence-corrected chi connectivity index (χ4v) is 13.3. The van der Waals surface area contributed by atoms with E-state index in [9.17, 15) is 82.1 Å². The van der Waals surface area contributed by atoms with Crippen molar-refractivity contribution in [2.24, 2.45) is 28.9 Å². The molecule has 5 aliphatic rings. The van der Waals surface area contributed by atoms with Gasteiger partial charge in [-0.3, -0.25) is 71.9 Å². The Morgan fingerprint density at radius 2 is 1.25 bits per heavy atom. The van der Waals surface area contributed by atoms with Crippen molar-refractivity contribution in [1.82, 2.24) is 68.3 Å². The van der Waals surface area contributed by atoms with Crippen LogP contribution in [0.1, 0.15) is 116 Å². The number of hydrogen-bond acceptors (Lipinski definition) is 21. The van der Waals surface area contributed by atoms with Crippen molar-refractivity contribution in [2.45, 2.75) is 190 Å². The molecule has 0 saturated carbocycles. The predicted molar refractivity (Wildman–Crippen MR) is 349 cm³/mol. The van der Waals surface area contributed by atoms with Crippen LogP contribution in [0.4, 0.5) is 0 Å². The molecule has 0 radical (unpaired) electrons. The number of nitrogens with two attached hydrogens (primary N) is 4. The maximum atomic E-state index is 14.6. The molecule has 5 fully saturated rings. The minimum absolute atomic E-state index is 0.0000460. The van der Waals surface area contributed by atoms with Crippen LogP contribution < -0.4 is 81.4 Å². The molecule has 15 amide bonds. The number of unbranched alkanes of at least 4 members (excludes halogenated alkanes) is 1. The smallest absolute Gasteiger partial charge is 0.246 e. The van der Waals surface area contributed by atoms with Gasteiger partial charge in [-0.15, -0.1) is 0 Å². The molecule has 0 aliphatic carbocycles. The molecule has 36 heteroatoms. The third-order valence-corrected chi connectivity index (χ3v) is 19.3. The average molecular weight is 1390 g/mol. The van der Waals surface area contributed by atoms with Crippen LogP contribution in [0, 0.1) is 5.92 Å². The second kappa shape index (κ2) is 39.0. The Morgan fingerprint density at radius 3 is 1.91 bits per heavy atom. The average Bonchev–Trinajstić information content (AvgIpc) is 1.60. The lowest BCUT2D eigenvalue weighted by Gasteiger charge is -2.30. The maximum Gasteiger partial charge on any atom is 0.246 e. The number of nitrogens with one attached hydrogen (secondary N) is 11. The molecule has 96 heavy (non-hydrogen) atoms. The quantitative estimate of drug-likeness (QED) is 0.0468. The monoisotopic (exact) mass is 1390 g/mol. The maximum absolute atomic E-state index is 14.6. The second-order valence-corrected chi connectivity index (χ2v) is 26.7. The molecular formula is C60H93N17O17S2. The van der Waals surface area contributed by atoms with Crippen molar-refractivity contribution in [3.05, 3.63) is 29.8 Å². The molecule has 4 unspecified atom stereocenters.